The van der Waals surface area contributed by atoms with E-state index >= 15 is 0 Å². The van der Waals surface area contributed by atoms with Gasteiger partial charge in [0.05, 0.1) is 28.2 Å². The van der Waals surface area contributed by atoms with Crippen LogP contribution in [-0.4, -0.2) is 29.5 Å². The van der Waals surface area contributed by atoms with E-state index in [0.717, 1.165) is 21.8 Å². The second kappa shape index (κ2) is 8.89. The number of ketones is 1. The molecule has 0 saturated carbocycles. The minimum Gasteiger partial charge on any atom is -0.344 e. The van der Waals surface area contributed by atoms with Crippen molar-refractivity contribution < 1.29 is 13.2 Å². The van der Waals surface area contributed by atoms with E-state index in [1.54, 1.807) is 19.1 Å². The van der Waals surface area contributed by atoms with Gasteiger partial charge in [0.15, 0.2) is 0 Å². The van der Waals surface area contributed by atoms with Crippen molar-refractivity contribution in [3.63, 3.8) is 0 Å². The van der Waals surface area contributed by atoms with E-state index < -0.39 is 10.0 Å². The fourth-order valence-corrected chi connectivity index (χ4v) is 4.16. The van der Waals surface area contributed by atoms with Gasteiger partial charge in [-0.15, -0.1) is 23.7 Å². The number of sulfonamides is 1. The number of carbonyl (C=O) groups is 1. The largest absolute Gasteiger partial charge is 0.344 e. The van der Waals surface area contributed by atoms with Crippen LogP contribution in [0.5, 0.6) is 0 Å². The molecule has 3 rings (SSSR count). The molecule has 0 radical (unpaired) electrons. The number of halogens is 1. The molecule has 0 unspecified atom stereocenters. The van der Waals surface area contributed by atoms with Crippen LogP contribution in [0.15, 0.2) is 41.9 Å². The number of nitrogens with zero attached hydrogens (tertiary/aromatic N) is 2. The molecule has 0 amide bonds. The first-order valence-electron chi connectivity index (χ1n) is 8.49. The van der Waals surface area contributed by atoms with Gasteiger partial charge in [-0.3, -0.25) is 14.5 Å². The molecule has 3 aromatic rings. The zero-order valence-corrected chi connectivity index (χ0v) is 18.2. The summed E-state index contributed by atoms with van der Waals surface area (Å²) in [6.45, 7) is 3.51. The monoisotopic (exact) mass is 439 g/mol. The van der Waals surface area contributed by atoms with Crippen molar-refractivity contribution in [1.29, 1.82) is 0 Å². The smallest absolute Gasteiger partial charge is 0.232 e. The van der Waals surface area contributed by atoms with E-state index in [2.05, 4.69) is 9.71 Å². The molecule has 0 aromatic carbocycles. The first kappa shape index (κ1) is 22.1. The summed E-state index contributed by atoms with van der Waals surface area (Å²) in [5, 5.41) is 1.89. The molecule has 0 saturated heterocycles. The topological polar surface area (TPSA) is 81.1 Å². The Balaban J connectivity index is 0.00000280. The second-order valence-corrected chi connectivity index (χ2v) is 9.21. The summed E-state index contributed by atoms with van der Waals surface area (Å²) in [4.78, 5) is 17.8. The maximum Gasteiger partial charge on any atom is 0.232 e. The lowest BCUT2D eigenvalue weighted by Gasteiger charge is -2.08. The highest BCUT2D eigenvalue weighted by molar-refractivity contribution is 7.92. The van der Waals surface area contributed by atoms with Crippen LogP contribution >= 0.6 is 23.7 Å². The van der Waals surface area contributed by atoms with Gasteiger partial charge in [0.1, 0.15) is 0 Å². The van der Waals surface area contributed by atoms with Gasteiger partial charge in [-0.1, -0.05) is 6.07 Å². The highest BCUT2D eigenvalue weighted by Crippen LogP contribution is 2.22. The van der Waals surface area contributed by atoms with Crippen molar-refractivity contribution in [2.75, 3.05) is 10.5 Å². The van der Waals surface area contributed by atoms with Crippen LogP contribution in [0.3, 0.4) is 0 Å². The molecular weight excluding hydrogens is 418 g/mol. The van der Waals surface area contributed by atoms with Gasteiger partial charge in [-0.05, 0) is 49.1 Å². The summed E-state index contributed by atoms with van der Waals surface area (Å²) >= 11 is 1.43. The Bertz CT molecular complexity index is 1060. The Labute approximate surface area is 175 Å². The molecule has 28 heavy (non-hydrogen) atoms. The molecule has 0 aliphatic heterocycles. The maximum absolute atomic E-state index is 12.7. The molecule has 3 heterocycles. The molecule has 9 heteroatoms. The van der Waals surface area contributed by atoms with Crippen LogP contribution in [0.4, 0.5) is 5.69 Å². The van der Waals surface area contributed by atoms with Gasteiger partial charge >= 0.3 is 0 Å². The molecular formula is C19H22ClN3O3S2. The maximum atomic E-state index is 12.7. The first-order valence-corrected chi connectivity index (χ1v) is 11.0. The summed E-state index contributed by atoms with van der Waals surface area (Å²) in [5.74, 6) is 0.0341. The Hall–Kier alpha value is -2.16. The van der Waals surface area contributed by atoms with Crippen LogP contribution in [0, 0.1) is 6.92 Å². The van der Waals surface area contributed by atoms with Gasteiger partial charge in [-0.2, -0.15) is 0 Å². The standard InChI is InChI=1S/C19H21N3O3S2.ClH/c1-4-27(24,25)21-15-8-7-14(20-12-15)11-16-10-13(2)18(22(16)3)19(23)17-6-5-9-26-17;/h5-10,12,21H,4,11H2,1-3H3;1H. The van der Waals surface area contributed by atoms with Gasteiger partial charge in [0, 0.05) is 24.9 Å². The molecule has 0 aliphatic carbocycles. The van der Waals surface area contributed by atoms with Gasteiger partial charge in [0.2, 0.25) is 15.8 Å². The van der Waals surface area contributed by atoms with E-state index in [0.29, 0.717) is 17.8 Å². The summed E-state index contributed by atoms with van der Waals surface area (Å²) in [6.07, 6.45) is 2.06. The Morgan fingerprint density at radius 1 is 1.29 bits per heavy atom. The van der Waals surface area contributed by atoms with Gasteiger partial charge in [0.25, 0.3) is 0 Å². The first-order chi connectivity index (χ1) is 12.8. The lowest BCUT2D eigenvalue weighted by molar-refractivity contribution is 0.103. The number of aromatic nitrogens is 2. The molecule has 6 nitrogen and oxygen atoms in total. The number of hydrogen-bond donors (Lipinski definition) is 1. The number of hydrogen-bond acceptors (Lipinski definition) is 5. The molecule has 1 N–H and O–H groups in total. The molecule has 150 valence electrons. The second-order valence-electron chi connectivity index (χ2n) is 6.25. The minimum atomic E-state index is -3.31. The zero-order valence-electron chi connectivity index (χ0n) is 15.8. The van der Waals surface area contributed by atoms with Gasteiger partial charge in [-0.25, -0.2) is 8.42 Å². The highest BCUT2D eigenvalue weighted by Gasteiger charge is 2.19. The lowest BCUT2D eigenvalue weighted by atomic mass is 10.1. The minimum absolute atomic E-state index is 0. The fourth-order valence-electron chi connectivity index (χ4n) is 2.88. The molecule has 0 fully saturated rings. The van der Waals surface area contributed by atoms with Crippen LogP contribution in [0.2, 0.25) is 0 Å². The highest BCUT2D eigenvalue weighted by atomic mass is 35.5. The molecule has 0 aliphatic rings. The number of rotatable bonds is 7. The summed E-state index contributed by atoms with van der Waals surface area (Å²) in [7, 11) is -1.43. The lowest BCUT2D eigenvalue weighted by Crippen LogP contribution is -2.14. The van der Waals surface area contributed by atoms with E-state index in [9.17, 15) is 13.2 Å². The van der Waals surface area contributed by atoms with Crippen molar-refractivity contribution in [3.8, 4) is 0 Å². The molecule has 3 aromatic heterocycles. The summed E-state index contributed by atoms with van der Waals surface area (Å²) in [6, 6.07) is 9.18. The quantitative estimate of drug-likeness (QED) is 0.568. The summed E-state index contributed by atoms with van der Waals surface area (Å²) in [5.41, 5.74) is 3.82. The third-order valence-electron chi connectivity index (χ3n) is 4.32. The normalized spacial score (nSPS) is 11.1. The summed E-state index contributed by atoms with van der Waals surface area (Å²) < 4.78 is 27.6. The number of pyridine rings is 1. The number of thiophene rings is 1. The molecule has 0 bridgehead atoms. The van der Waals surface area contributed by atoms with Crippen molar-refractivity contribution in [1.82, 2.24) is 9.55 Å². The average molecular weight is 440 g/mol. The Kier molecular flexibility index (Phi) is 7.03. The van der Waals surface area contributed by atoms with E-state index in [1.165, 1.54) is 17.5 Å². The van der Waals surface area contributed by atoms with Crippen LogP contribution in [-0.2, 0) is 23.5 Å². The number of anilines is 1. The van der Waals surface area contributed by atoms with Crippen LogP contribution in [0.1, 0.15) is 39.2 Å². The number of carbonyl (C=O) groups excluding carboxylic acids is 1. The third kappa shape index (κ3) is 4.81. The predicted molar refractivity (Wildman–Crippen MR) is 115 cm³/mol. The average Bonchev–Trinajstić information content (AvgIpc) is 3.25. The molecule has 0 spiro atoms. The number of nitrogens with one attached hydrogen (secondary N) is 1. The zero-order chi connectivity index (χ0) is 19.6. The van der Waals surface area contributed by atoms with Crippen LogP contribution < -0.4 is 4.72 Å². The van der Waals surface area contributed by atoms with Crippen molar-refractivity contribution in [3.05, 3.63) is 69.4 Å². The van der Waals surface area contributed by atoms with Crippen molar-refractivity contribution in [2.45, 2.75) is 20.3 Å². The Morgan fingerprint density at radius 3 is 2.61 bits per heavy atom. The fraction of sp³-hybridized carbons (Fsp3) is 0.263. The van der Waals surface area contributed by atoms with E-state index in [4.69, 9.17) is 0 Å². The van der Waals surface area contributed by atoms with E-state index in [-0.39, 0.29) is 23.9 Å². The van der Waals surface area contributed by atoms with Gasteiger partial charge < -0.3 is 4.57 Å². The third-order valence-corrected chi connectivity index (χ3v) is 6.50. The van der Waals surface area contributed by atoms with E-state index in [1.807, 2.05) is 42.1 Å². The van der Waals surface area contributed by atoms with Crippen molar-refractivity contribution in [2.24, 2.45) is 7.05 Å². The predicted octanol–water partition coefficient (Wildman–Crippen LogP) is 3.80. The number of aryl methyl sites for hydroxylation is 1. The molecule has 0 atom stereocenters. The van der Waals surface area contributed by atoms with Crippen LogP contribution in [0.25, 0.3) is 0 Å². The van der Waals surface area contributed by atoms with Crippen molar-refractivity contribution >= 4 is 45.2 Å². The SMILES string of the molecule is CCS(=O)(=O)Nc1ccc(Cc2cc(C)c(C(=O)c3cccs3)n2C)nc1.Cl. The Morgan fingerprint density at radius 2 is 2.04 bits per heavy atom.